The predicted octanol–water partition coefficient (Wildman–Crippen LogP) is 4.83. The minimum absolute atomic E-state index is 0.166. The van der Waals surface area contributed by atoms with Crippen molar-refractivity contribution in [3.8, 4) is 0 Å². The fourth-order valence-electron chi connectivity index (χ4n) is 3.82. The van der Waals surface area contributed by atoms with Gasteiger partial charge in [0.05, 0.1) is 13.2 Å². The summed E-state index contributed by atoms with van der Waals surface area (Å²) in [5, 5.41) is 0. The van der Waals surface area contributed by atoms with Gasteiger partial charge in [-0.15, -0.1) is 0 Å². The van der Waals surface area contributed by atoms with E-state index in [9.17, 15) is 0 Å². The Labute approximate surface area is 144 Å². The van der Waals surface area contributed by atoms with Crippen molar-refractivity contribution in [3.63, 3.8) is 0 Å². The molecule has 1 aromatic carbocycles. The standard InChI is InChI=1S/C20H29O2Si/c1-15-2-10-19(11-3-15)20-21-12-18(13-22-20)9-6-16-4-7-17(14-23)8-5-16/h2-3,10-11,16-18,20H,4-9,12-14H2,1H3. The summed E-state index contributed by atoms with van der Waals surface area (Å²) in [6.45, 7) is 3.79. The molecule has 3 radical (unpaired) electrons. The van der Waals surface area contributed by atoms with Crippen LogP contribution in [0.1, 0.15) is 55.9 Å². The second kappa shape index (κ2) is 8.45. The molecular weight excluding hydrogens is 300 g/mol. The van der Waals surface area contributed by atoms with E-state index in [0.717, 1.165) is 30.6 Å². The average Bonchev–Trinajstić information content (AvgIpc) is 2.61. The summed E-state index contributed by atoms with van der Waals surface area (Å²) >= 11 is 0. The van der Waals surface area contributed by atoms with Gasteiger partial charge in [-0.3, -0.25) is 0 Å². The highest BCUT2D eigenvalue weighted by atomic mass is 28.1. The van der Waals surface area contributed by atoms with E-state index in [0.29, 0.717) is 5.92 Å². The molecule has 0 atom stereocenters. The molecule has 3 rings (SSSR count). The number of benzene rings is 1. The van der Waals surface area contributed by atoms with Crippen LogP contribution in [0.3, 0.4) is 0 Å². The van der Waals surface area contributed by atoms with Gasteiger partial charge in [-0.2, -0.15) is 0 Å². The van der Waals surface area contributed by atoms with E-state index in [1.54, 1.807) is 0 Å². The van der Waals surface area contributed by atoms with Crippen LogP contribution in [-0.4, -0.2) is 23.5 Å². The fraction of sp³-hybridized carbons (Fsp3) is 0.700. The predicted molar refractivity (Wildman–Crippen MR) is 94.6 cm³/mol. The number of rotatable bonds is 5. The van der Waals surface area contributed by atoms with E-state index in [4.69, 9.17) is 9.47 Å². The van der Waals surface area contributed by atoms with Crippen LogP contribution in [-0.2, 0) is 9.47 Å². The topological polar surface area (TPSA) is 18.5 Å². The van der Waals surface area contributed by atoms with Gasteiger partial charge < -0.3 is 9.47 Å². The van der Waals surface area contributed by atoms with Crippen molar-refractivity contribution in [2.45, 2.75) is 57.8 Å². The lowest BCUT2D eigenvalue weighted by atomic mass is 9.80. The Bertz CT molecular complexity index is 457. The van der Waals surface area contributed by atoms with Crippen molar-refractivity contribution in [3.05, 3.63) is 35.4 Å². The second-order valence-corrected chi connectivity index (χ2v) is 7.85. The Morgan fingerprint density at radius 2 is 1.43 bits per heavy atom. The van der Waals surface area contributed by atoms with Crippen LogP contribution in [0, 0.1) is 24.7 Å². The van der Waals surface area contributed by atoms with Crippen molar-refractivity contribution in [1.29, 1.82) is 0 Å². The van der Waals surface area contributed by atoms with Gasteiger partial charge in [-0.05, 0) is 25.2 Å². The highest BCUT2D eigenvalue weighted by molar-refractivity contribution is 6.08. The number of hydrogen-bond acceptors (Lipinski definition) is 2. The van der Waals surface area contributed by atoms with E-state index in [1.807, 2.05) is 0 Å². The van der Waals surface area contributed by atoms with Crippen LogP contribution in [0.2, 0.25) is 6.04 Å². The number of ether oxygens (including phenoxy) is 2. The van der Waals surface area contributed by atoms with Gasteiger partial charge in [0, 0.05) is 21.7 Å². The first-order valence-corrected chi connectivity index (χ1v) is 9.89. The molecule has 1 aliphatic heterocycles. The van der Waals surface area contributed by atoms with Crippen LogP contribution in [0.25, 0.3) is 0 Å². The molecule has 1 saturated carbocycles. The molecule has 23 heavy (non-hydrogen) atoms. The summed E-state index contributed by atoms with van der Waals surface area (Å²) in [5.74, 6) is 2.42. The lowest BCUT2D eigenvalue weighted by Crippen LogP contribution is -2.27. The van der Waals surface area contributed by atoms with Crippen molar-refractivity contribution in [2.24, 2.45) is 17.8 Å². The first-order chi connectivity index (χ1) is 11.2. The molecule has 2 nitrogen and oxygen atoms in total. The Kier molecular flexibility index (Phi) is 6.32. The van der Waals surface area contributed by atoms with Crippen molar-refractivity contribution < 1.29 is 9.47 Å². The van der Waals surface area contributed by atoms with Gasteiger partial charge >= 0.3 is 0 Å². The summed E-state index contributed by atoms with van der Waals surface area (Å²) in [5.41, 5.74) is 2.42. The minimum atomic E-state index is -0.166. The van der Waals surface area contributed by atoms with E-state index in [-0.39, 0.29) is 6.29 Å². The molecule has 0 amide bonds. The summed E-state index contributed by atoms with van der Waals surface area (Å²) in [4.78, 5) is 0. The van der Waals surface area contributed by atoms with Crippen LogP contribution < -0.4 is 0 Å². The normalized spacial score (nSPS) is 31.9. The van der Waals surface area contributed by atoms with Crippen molar-refractivity contribution >= 4 is 10.2 Å². The quantitative estimate of drug-likeness (QED) is 0.720. The lowest BCUT2D eigenvalue weighted by Gasteiger charge is -2.32. The molecule has 0 spiro atoms. The maximum atomic E-state index is 5.96. The zero-order chi connectivity index (χ0) is 16.1. The van der Waals surface area contributed by atoms with Gasteiger partial charge in [0.2, 0.25) is 0 Å². The summed E-state index contributed by atoms with van der Waals surface area (Å²) in [6.07, 6.45) is 8.07. The van der Waals surface area contributed by atoms with Crippen LogP contribution in [0.4, 0.5) is 0 Å². The fourth-order valence-corrected chi connectivity index (χ4v) is 4.23. The maximum Gasteiger partial charge on any atom is 0.183 e. The first-order valence-electron chi connectivity index (χ1n) is 9.19. The van der Waals surface area contributed by atoms with E-state index in [1.165, 1.54) is 50.1 Å². The van der Waals surface area contributed by atoms with E-state index >= 15 is 0 Å². The van der Waals surface area contributed by atoms with Crippen LogP contribution in [0.15, 0.2) is 24.3 Å². The molecule has 1 aliphatic carbocycles. The smallest absolute Gasteiger partial charge is 0.183 e. The minimum Gasteiger partial charge on any atom is -0.348 e. The zero-order valence-electron chi connectivity index (χ0n) is 14.3. The highest BCUT2D eigenvalue weighted by Crippen LogP contribution is 2.35. The SMILES string of the molecule is Cc1ccc(C2OCC(CCC3CCC(C[Si])CC3)CO2)cc1. The second-order valence-electron chi connectivity index (χ2n) is 7.44. The Morgan fingerprint density at radius 3 is 2.04 bits per heavy atom. The molecule has 3 heteroatoms. The van der Waals surface area contributed by atoms with E-state index in [2.05, 4.69) is 41.4 Å². The van der Waals surface area contributed by atoms with Gasteiger partial charge in [-0.1, -0.05) is 68.0 Å². The lowest BCUT2D eigenvalue weighted by molar-refractivity contribution is -0.206. The largest absolute Gasteiger partial charge is 0.348 e. The average molecular weight is 330 g/mol. The molecule has 0 N–H and O–H groups in total. The van der Waals surface area contributed by atoms with Crippen molar-refractivity contribution in [2.75, 3.05) is 13.2 Å². The summed E-state index contributed by atoms with van der Waals surface area (Å²) < 4.78 is 11.9. The molecule has 125 valence electrons. The number of hydrogen-bond donors (Lipinski definition) is 0. The molecular formula is C20H29O2Si. The molecule has 1 saturated heterocycles. The van der Waals surface area contributed by atoms with Gasteiger partial charge in [0.1, 0.15) is 0 Å². The maximum absolute atomic E-state index is 5.96. The molecule has 0 unspecified atom stereocenters. The third kappa shape index (κ3) is 4.91. The van der Waals surface area contributed by atoms with Crippen molar-refractivity contribution in [1.82, 2.24) is 0 Å². The third-order valence-electron chi connectivity index (χ3n) is 5.55. The first kappa shape index (κ1) is 17.2. The van der Waals surface area contributed by atoms with Crippen LogP contribution in [0.5, 0.6) is 0 Å². The number of aryl methyl sites for hydroxylation is 1. The monoisotopic (exact) mass is 329 g/mol. The highest BCUT2D eigenvalue weighted by Gasteiger charge is 2.25. The third-order valence-corrected chi connectivity index (χ3v) is 6.13. The van der Waals surface area contributed by atoms with Crippen LogP contribution >= 0.6 is 0 Å². The Hall–Kier alpha value is -0.643. The molecule has 2 fully saturated rings. The Morgan fingerprint density at radius 1 is 0.870 bits per heavy atom. The molecule has 0 aromatic heterocycles. The van der Waals surface area contributed by atoms with Gasteiger partial charge in [0.15, 0.2) is 6.29 Å². The Balaban J connectivity index is 1.37. The van der Waals surface area contributed by atoms with E-state index < -0.39 is 0 Å². The van der Waals surface area contributed by atoms with Gasteiger partial charge in [-0.25, -0.2) is 0 Å². The summed E-state index contributed by atoms with van der Waals surface area (Å²) in [6, 6.07) is 9.65. The van der Waals surface area contributed by atoms with Gasteiger partial charge in [0.25, 0.3) is 0 Å². The molecule has 2 aliphatic rings. The molecule has 1 heterocycles. The molecule has 1 aromatic rings. The zero-order valence-corrected chi connectivity index (χ0v) is 15.3. The molecule has 0 bridgehead atoms. The summed E-state index contributed by atoms with van der Waals surface area (Å²) in [7, 11) is 3.68.